The summed E-state index contributed by atoms with van der Waals surface area (Å²) < 4.78 is 6.86. The van der Waals surface area contributed by atoms with Crippen molar-refractivity contribution in [3.63, 3.8) is 0 Å². The van der Waals surface area contributed by atoms with Gasteiger partial charge in [-0.05, 0) is 35.9 Å². The number of aromatic nitrogens is 5. The van der Waals surface area contributed by atoms with E-state index in [-0.39, 0.29) is 30.1 Å². The average Bonchev–Trinajstić information content (AvgIpc) is 3.50. The van der Waals surface area contributed by atoms with Gasteiger partial charge in [0.2, 0.25) is 11.8 Å². The maximum atomic E-state index is 13.1. The second-order valence-corrected chi connectivity index (χ2v) is 8.26. The van der Waals surface area contributed by atoms with Gasteiger partial charge in [-0.3, -0.25) is 4.79 Å². The Hall–Kier alpha value is -3.88. The molecule has 0 aliphatic heterocycles. The standard InChI is InChI=1S/C21H17ClN8O2S/c22-17-6-5-16(30-13-25-12-26-30)7-18(17)33-11-20(31)29(10-19-27-28-21(24)32-19)9-15-3-1-14(8-23)2-4-15/h1-7,12-13H,9-11H2,(H2,24,28). The summed E-state index contributed by atoms with van der Waals surface area (Å²) in [5, 5.41) is 21.1. The molecule has 33 heavy (non-hydrogen) atoms. The summed E-state index contributed by atoms with van der Waals surface area (Å²) in [6.45, 7) is 0.385. The third kappa shape index (κ3) is 5.68. The van der Waals surface area contributed by atoms with Crippen LogP contribution in [0.3, 0.4) is 0 Å². The molecule has 0 saturated carbocycles. The van der Waals surface area contributed by atoms with E-state index in [0.717, 1.165) is 16.1 Å². The lowest BCUT2D eigenvalue weighted by Crippen LogP contribution is -2.31. The summed E-state index contributed by atoms with van der Waals surface area (Å²) in [5.74, 6) is 0.189. The number of nitrogens with two attached hydrogens (primary N) is 1. The third-order valence-corrected chi connectivity index (χ3v) is 6.05. The molecule has 0 fully saturated rings. The molecule has 2 aromatic carbocycles. The van der Waals surface area contributed by atoms with Crippen molar-refractivity contribution in [1.82, 2.24) is 29.9 Å². The molecule has 0 spiro atoms. The molecule has 0 saturated heterocycles. The quantitative estimate of drug-likeness (QED) is 0.376. The number of hydrogen-bond donors (Lipinski definition) is 1. The number of hydrogen-bond acceptors (Lipinski definition) is 9. The molecule has 12 heteroatoms. The highest BCUT2D eigenvalue weighted by molar-refractivity contribution is 8.00. The van der Waals surface area contributed by atoms with E-state index in [1.54, 1.807) is 46.2 Å². The Bertz CT molecular complexity index is 1280. The monoisotopic (exact) mass is 480 g/mol. The highest BCUT2D eigenvalue weighted by Gasteiger charge is 2.19. The number of nitrogen functional groups attached to an aromatic ring is 1. The molecule has 10 nitrogen and oxygen atoms in total. The second kappa shape index (κ2) is 10.2. The summed E-state index contributed by atoms with van der Waals surface area (Å²) in [6, 6.07) is 14.4. The highest BCUT2D eigenvalue weighted by atomic mass is 35.5. The molecule has 2 N–H and O–H groups in total. The summed E-state index contributed by atoms with van der Waals surface area (Å²) in [5.41, 5.74) is 7.69. The van der Waals surface area contributed by atoms with Crippen LogP contribution in [0.25, 0.3) is 5.69 Å². The van der Waals surface area contributed by atoms with Crippen LogP contribution in [-0.2, 0) is 17.9 Å². The Balaban J connectivity index is 1.49. The zero-order chi connectivity index (χ0) is 23.2. The molecule has 0 radical (unpaired) electrons. The van der Waals surface area contributed by atoms with Gasteiger partial charge in [-0.25, -0.2) is 9.67 Å². The molecular weight excluding hydrogens is 464 g/mol. The normalized spacial score (nSPS) is 10.7. The molecule has 2 aromatic heterocycles. The Kier molecular flexibility index (Phi) is 6.87. The number of halogens is 1. The Morgan fingerprint density at radius 1 is 1.21 bits per heavy atom. The van der Waals surface area contributed by atoms with Gasteiger partial charge in [-0.15, -0.1) is 16.9 Å². The molecule has 166 valence electrons. The largest absolute Gasteiger partial charge is 0.406 e. The van der Waals surface area contributed by atoms with E-state index in [9.17, 15) is 4.79 Å². The first-order valence-electron chi connectivity index (χ1n) is 9.64. The van der Waals surface area contributed by atoms with Crippen LogP contribution in [0.15, 0.2) is 64.4 Å². The lowest BCUT2D eigenvalue weighted by molar-refractivity contribution is -0.129. The van der Waals surface area contributed by atoms with Crippen LogP contribution in [0.4, 0.5) is 6.01 Å². The minimum atomic E-state index is -0.164. The van der Waals surface area contributed by atoms with E-state index in [0.29, 0.717) is 17.1 Å². The van der Waals surface area contributed by atoms with Gasteiger partial charge >= 0.3 is 6.01 Å². The van der Waals surface area contributed by atoms with Crippen LogP contribution < -0.4 is 5.73 Å². The fourth-order valence-corrected chi connectivity index (χ4v) is 4.10. The zero-order valence-electron chi connectivity index (χ0n) is 17.1. The van der Waals surface area contributed by atoms with Crippen molar-refractivity contribution >= 4 is 35.3 Å². The topological polar surface area (TPSA) is 140 Å². The van der Waals surface area contributed by atoms with Crippen LogP contribution in [-0.4, -0.2) is 41.5 Å². The molecule has 2 heterocycles. The smallest absolute Gasteiger partial charge is 0.312 e. The number of amides is 1. The maximum absolute atomic E-state index is 13.1. The van der Waals surface area contributed by atoms with Crippen LogP contribution >= 0.6 is 23.4 Å². The molecule has 0 bridgehead atoms. The van der Waals surface area contributed by atoms with E-state index in [2.05, 4.69) is 26.3 Å². The Labute approximate surface area is 198 Å². The number of anilines is 1. The minimum absolute atomic E-state index is 0.0677. The van der Waals surface area contributed by atoms with E-state index in [1.165, 1.54) is 18.1 Å². The van der Waals surface area contributed by atoms with Gasteiger partial charge in [0.25, 0.3) is 0 Å². The molecule has 0 unspecified atom stereocenters. The van der Waals surface area contributed by atoms with Crippen molar-refractivity contribution in [3.05, 3.63) is 77.2 Å². The fraction of sp³-hybridized carbons (Fsp3) is 0.143. The van der Waals surface area contributed by atoms with Crippen molar-refractivity contribution in [1.29, 1.82) is 5.26 Å². The Morgan fingerprint density at radius 2 is 2.03 bits per heavy atom. The molecule has 1 amide bonds. The molecule has 0 aliphatic rings. The lowest BCUT2D eigenvalue weighted by atomic mass is 10.1. The van der Waals surface area contributed by atoms with Crippen molar-refractivity contribution in [3.8, 4) is 11.8 Å². The summed E-state index contributed by atoms with van der Waals surface area (Å²) in [6.07, 6.45) is 3.02. The minimum Gasteiger partial charge on any atom is -0.406 e. The van der Waals surface area contributed by atoms with Crippen LogP contribution in [0.5, 0.6) is 0 Å². The molecule has 4 aromatic rings. The fourth-order valence-electron chi connectivity index (χ4n) is 2.95. The third-order valence-electron chi connectivity index (χ3n) is 4.57. The highest BCUT2D eigenvalue weighted by Crippen LogP contribution is 2.29. The summed E-state index contributed by atoms with van der Waals surface area (Å²) >= 11 is 7.66. The van der Waals surface area contributed by atoms with E-state index in [4.69, 9.17) is 27.0 Å². The summed E-state index contributed by atoms with van der Waals surface area (Å²) in [4.78, 5) is 19.4. The lowest BCUT2D eigenvalue weighted by Gasteiger charge is -2.21. The van der Waals surface area contributed by atoms with Crippen molar-refractivity contribution in [2.45, 2.75) is 18.0 Å². The molecule has 0 aliphatic carbocycles. The first kappa shape index (κ1) is 22.3. The number of thioether (sulfide) groups is 1. The van der Waals surface area contributed by atoms with E-state index < -0.39 is 0 Å². The predicted molar refractivity (Wildman–Crippen MR) is 121 cm³/mol. The maximum Gasteiger partial charge on any atom is 0.312 e. The van der Waals surface area contributed by atoms with Crippen LogP contribution in [0, 0.1) is 11.3 Å². The number of carbonyl (C=O) groups excluding carboxylic acids is 1. The summed E-state index contributed by atoms with van der Waals surface area (Å²) in [7, 11) is 0. The van der Waals surface area contributed by atoms with Crippen LogP contribution in [0.1, 0.15) is 17.0 Å². The van der Waals surface area contributed by atoms with Crippen molar-refractivity contribution in [2.75, 3.05) is 11.5 Å². The van der Waals surface area contributed by atoms with Crippen LogP contribution in [0.2, 0.25) is 5.02 Å². The average molecular weight is 481 g/mol. The van der Waals surface area contributed by atoms with Gasteiger partial charge in [-0.1, -0.05) is 28.8 Å². The molecular formula is C21H17ClN8O2S. The van der Waals surface area contributed by atoms with Gasteiger partial charge in [0.05, 0.1) is 34.6 Å². The Morgan fingerprint density at radius 3 is 2.70 bits per heavy atom. The van der Waals surface area contributed by atoms with Gasteiger partial charge in [0.15, 0.2) is 0 Å². The SMILES string of the molecule is N#Cc1ccc(CN(Cc2nnc(N)o2)C(=O)CSc2cc(-n3cncn3)ccc2Cl)cc1. The first-order valence-corrected chi connectivity index (χ1v) is 11.0. The first-order chi connectivity index (χ1) is 16.0. The van der Waals surface area contributed by atoms with E-state index in [1.807, 2.05) is 12.1 Å². The number of nitriles is 1. The van der Waals surface area contributed by atoms with Gasteiger partial charge < -0.3 is 15.1 Å². The predicted octanol–water partition coefficient (Wildman–Crippen LogP) is 3.08. The molecule has 0 atom stereocenters. The molecule has 4 rings (SSSR count). The van der Waals surface area contributed by atoms with Gasteiger partial charge in [-0.2, -0.15) is 10.4 Å². The second-order valence-electron chi connectivity index (χ2n) is 6.84. The zero-order valence-corrected chi connectivity index (χ0v) is 18.7. The van der Waals surface area contributed by atoms with Gasteiger partial charge in [0.1, 0.15) is 12.7 Å². The number of benzene rings is 2. The number of carbonyl (C=O) groups is 1. The van der Waals surface area contributed by atoms with E-state index >= 15 is 0 Å². The number of rotatable bonds is 8. The van der Waals surface area contributed by atoms with Crippen molar-refractivity contribution < 1.29 is 9.21 Å². The van der Waals surface area contributed by atoms with Gasteiger partial charge in [0, 0.05) is 11.4 Å². The number of nitrogens with zero attached hydrogens (tertiary/aromatic N) is 7. The van der Waals surface area contributed by atoms with Crippen molar-refractivity contribution in [2.24, 2.45) is 0 Å².